The first-order valence-corrected chi connectivity index (χ1v) is 5.24. The molecule has 0 spiro atoms. The Morgan fingerprint density at radius 1 is 1.33 bits per heavy atom. The average Bonchev–Trinajstić information content (AvgIpc) is 2.60. The summed E-state index contributed by atoms with van der Waals surface area (Å²) in [7, 11) is 0. The Labute approximate surface area is 88.9 Å². The fraction of sp³-hybridized carbons (Fsp3) is 1.00. The highest BCUT2D eigenvalue weighted by Gasteiger charge is 2.54. The summed E-state index contributed by atoms with van der Waals surface area (Å²) in [5, 5.41) is 18.4. The van der Waals surface area contributed by atoms with E-state index in [0.717, 1.165) is 0 Å². The summed E-state index contributed by atoms with van der Waals surface area (Å²) in [6, 6.07) is 0. The first-order chi connectivity index (χ1) is 6.94. The predicted molar refractivity (Wildman–Crippen MR) is 51.0 cm³/mol. The van der Waals surface area contributed by atoms with Gasteiger partial charge in [-0.3, -0.25) is 0 Å². The van der Waals surface area contributed by atoms with Crippen LogP contribution in [0.25, 0.3) is 0 Å². The molecule has 5 atom stereocenters. The number of aliphatic hydroxyl groups is 2. The van der Waals surface area contributed by atoms with Crippen molar-refractivity contribution in [2.75, 3.05) is 6.61 Å². The molecule has 2 saturated heterocycles. The SMILES string of the molecule is C[C@H]1[C@H]2OC(C)(C)O[C@H]2O[C@@H]1C(O)CO. The first kappa shape index (κ1) is 11.3. The van der Waals surface area contributed by atoms with Crippen molar-refractivity contribution in [2.24, 2.45) is 5.92 Å². The molecule has 2 N–H and O–H groups in total. The molecule has 2 heterocycles. The van der Waals surface area contributed by atoms with Gasteiger partial charge in [0.15, 0.2) is 12.1 Å². The maximum absolute atomic E-state index is 9.53. The number of ether oxygens (including phenoxy) is 3. The second-order valence-corrected chi connectivity index (χ2v) is 4.68. The molecule has 5 nitrogen and oxygen atoms in total. The topological polar surface area (TPSA) is 68.2 Å². The lowest BCUT2D eigenvalue weighted by Crippen LogP contribution is -2.37. The van der Waals surface area contributed by atoms with E-state index in [9.17, 15) is 5.11 Å². The van der Waals surface area contributed by atoms with Crippen LogP contribution in [0.15, 0.2) is 0 Å². The van der Waals surface area contributed by atoms with E-state index < -0.39 is 24.3 Å². The van der Waals surface area contributed by atoms with E-state index in [1.807, 2.05) is 20.8 Å². The van der Waals surface area contributed by atoms with E-state index in [0.29, 0.717) is 0 Å². The third-order valence-corrected chi connectivity index (χ3v) is 2.98. The molecule has 2 fully saturated rings. The van der Waals surface area contributed by atoms with E-state index in [2.05, 4.69) is 0 Å². The van der Waals surface area contributed by atoms with Crippen LogP contribution in [0.3, 0.4) is 0 Å². The van der Waals surface area contributed by atoms with Crippen LogP contribution in [0.5, 0.6) is 0 Å². The van der Waals surface area contributed by atoms with Crippen molar-refractivity contribution in [3.63, 3.8) is 0 Å². The molecule has 0 radical (unpaired) electrons. The maximum atomic E-state index is 9.53. The highest BCUT2D eigenvalue weighted by Crippen LogP contribution is 2.41. The molecule has 0 aromatic rings. The van der Waals surface area contributed by atoms with Gasteiger partial charge in [0.05, 0.1) is 12.7 Å². The Morgan fingerprint density at radius 3 is 2.53 bits per heavy atom. The van der Waals surface area contributed by atoms with Gasteiger partial charge in [0.25, 0.3) is 0 Å². The largest absolute Gasteiger partial charge is 0.394 e. The quantitative estimate of drug-likeness (QED) is 0.674. The molecule has 0 aromatic carbocycles. The molecule has 2 aliphatic rings. The summed E-state index contributed by atoms with van der Waals surface area (Å²) in [6.45, 7) is 5.29. The van der Waals surface area contributed by atoms with Gasteiger partial charge < -0.3 is 24.4 Å². The van der Waals surface area contributed by atoms with Crippen molar-refractivity contribution in [2.45, 2.75) is 51.2 Å². The molecular formula is C10H18O5. The molecule has 2 aliphatic heterocycles. The van der Waals surface area contributed by atoms with Crippen LogP contribution < -0.4 is 0 Å². The molecule has 0 aliphatic carbocycles. The lowest BCUT2D eigenvalue weighted by molar-refractivity contribution is -0.221. The molecule has 1 unspecified atom stereocenters. The Hall–Kier alpha value is -0.200. The Bertz CT molecular complexity index is 242. The van der Waals surface area contributed by atoms with Crippen LogP contribution in [0, 0.1) is 5.92 Å². The van der Waals surface area contributed by atoms with Crippen LogP contribution in [0.1, 0.15) is 20.8 Å². The summed E-state index contributed by atoms with van der Waals surface area (Å²) in [4.78, 5) is 0. The summed E-state index contributed by atoms with van der Waals surface area (Å²) < 4.78 is 16.7. The molecule has 88 valence electrons. The van der Waals surface area contributed by atoms with Gasteiger partial charge in [0, 0.05) is 5.92 Å². The first-order valence-electron chi connectivity index (χ1n) is 5.24. The van der Waals surface area contributed by atoms with Crippen LogP contribution in [-0.4, -0.2) is 47.2 Å². The van der Waals surface area contributed by atoms with Crippen molar-refractivity contribution in [3.05, 3.63) is 0 Å². The minimum absolute atomic E-state index is 0.0129. The fourth-order valence-electron chi connectivity index (χ4n) is 2.23. The van der Waals surface area contributed by atoms with Gasteiger partial charge in [-0.2, -0.15) is 0 Å². The zero-order valence-electron chi connectivity index (χ0n) is 9.21. The number of aliphatic hydroxyl groups excluding tert-OH is 2. The minimum Gasteiger partial charge on any atom is -0.394 e. The molecule has 0 aromatic heterocycles. The predicted octanol–water partition coefficient (Wildman–Crippen LogP) is -0.148. The van der Waals surface area contributed by atoms with E-state index in [4.69, 9.17) is 19.3 Å². The van der Waals surface area contributed by atoms with Crippen LogP contribution >= 0.6 is 0 Å². The monoisotopic (exact) mass is 218 g/mol. The third kappa shape index (κ3) is 1.90. The lowest BCUT2D eigenvalue weighted by atomic mass is 9.97. The number of fused-ring (bicyclic) bond motifs is 1. The van der Waals surface area contributed by atoms with Crippen LogP contribution in [-0.2, 0) is 14.2 Å². The van der Waals surface area contributed by atoms with Gasteiger partial charge in [-0.15, -0.1) is 0 Å². The van der Waals surface area contributed by atoms with E-state index in [1.54, 1.807) is 0 Å². The normalized spacial score (nSPS) is 45.4. The molecule has 0 bridgehead atoms. The van der Waals surface area contributed by atoms with Gasteiger partial charge in [-0.05, 0) is 13.8 Å². The van der Waals surface area contributed by atoms with Crippen molar-refractivity contribution in [3.8, 4) is 0 Å². The van der Waals surface area contributed by atoms with Crippen molar-refractivity contribution in [1.82, 2.24) is 0 Å². The summed E-state index contributed by atoms with van der Waals surface area (Å²) in [6.07, 6.45) is -1.88. The van der Waals surface area contributed by atoms with E-state index in [-0.39, 0.29) is 18.6 Å². The standard InChI is InChI=1S/C10H18O5/c1-5-7(6(12)4-11)13-9-8(5)14-10(2,3)15-9/h5-9,11-12H,4H2,1-3H3/t5-,6?,7+,8-,9-/m1/s1. The smallest absolute Gasteiger partial charge is 0.187 e. The molecule has 5 heteroatoms. The van der Waals surface area contributed by atoms with Gasteiger partial charge >= 0.3 is 0 Å². The zero-order chi connectivity index (χ0) is 11.2. The van der Waals surface area contributed by atoms with Gasteiger partial charge in [0.2, 0.25) is 0 Å². The highest BCUT2D eigenvalue weighted by atomic mass is 16.8. The lowest BCUT2D eigenvalue weighted by Gasteiger charge is -2.25. The number of hydrogen-bond donors (Lipinski definition) is 2. The highest BCUT2D eigenvalue weighted by molar-refractivity contribution is 4.93. The van der Waals surface area contributed by atoms with E-state index in [1.165, 1.54) is 0 Å². The third-order valence-electron chi connectivity index (χ3n) is 2.98. The summed E-state index contributed by atoms with van der Waals surface area (Å²) in [5.74, 6) is -0.613. The van der Waals surface area contributed by atoms with Gasteiger partial charge in [-0.25, -0.2) is 0 Å². The van der Waals surface area contributed by atoms with Crippen molar-refractivity contribution >= 4 is 0 Å². The zero-order valence-corrected chi connectivity index (χ0v) is 9.21. The second kappa shape index (κ2) is 3.68. The molecule has 0 amide bonds. The maximum Gasteiger partial charge on any atom is 0.187 e. The molecule has 15 heavy (non-hydrogen) atoms. The molecule has 0 saturated carbocycles. The van der Waals surface area contributed by atoms with E-state index >= 15 is 0 Å². The number of hydrogen-bond acceptors (Lipinski definition) is 5. The second-order valence-electron chi connectivity index (χ2n) is 4.68. The average molecular weight is 218 g/mol. The molecular weight excluding hydrogens is 200 g/mol. The van der Waals surface area contributed by atoms with Crippen LogP contribution in [0.4, 0.5) is 0 Å². The Kier molecular flexibility index (Phi) is 2.77. The Morgan fingerprint density at radius 2 is 2.00 bits per heavy atom. The number of rotatable bonds is 2. The molecule has 2 rings (SSSR count). The fourth-order valence-corrected chi connectivity index (χ4v) is 2.23. The van der Waals surface area contributed by atoms with Gasteiger partial charge in [-0.1, -0.05) is 6.92 Å². The van der Waals surface area contributed by atoms with Crippen LogP contribution in [0.2, 0.25) is 0 Å². The van der Waals surface area contributed by atoms with Crippen molar-refractivity contribution in [1.29, 1.82) is 0 Å². The summed E-state index contributed by atoms with van der Waals surface area (Å²) >= 11 is 0. The van der Waals surface area contributed by atoms with Gasteiger partial charge in [0.1, 0.15) is 12.2 Å². The van der Waals surface area contributed by atoms with Crippen molar-refractivity contribution < 1.29 is 24.4 Å². The summed E-state index contributed by atoms with van der Waals surface area (Å²) in [5.41, 5.74) is 0. The minimum atomic E-state index is -0.874. The Balaban J connectivity index is 2.05.